The zero-order valence-corrected chi connectivity index (χ0v) is 16.4. The van der Waals surface area contributed by atoms with Crippen LogP contribution in [0, 0.1) is 0 Å². The second-order valence-electron chi connectivity index (χ2n) is 6.08. The topological polar surface area (TPSA) is 108 Å². The lowest BCUT2D eigenvalue weighted by Gasteiger charge is -2.15. The van der Waals surface area contributed by atoms with Crippen LogP contribution in [0.1, 0.15) is 30.5 Å². The summed E-state index contributed by atoms with van der Waals surface area (Å²) in [4.78, 5) is 12.3. The molecule has 0 aromatic heterocycles. The van der Waals surface area contributed by atoms with Gasteiger partial charge in [0, 0.05) is 6.42 Å². The molecule has 0 aliphatic heterocycles. The molecule has 3 N–H and O–H groups in total. The monoisotopic (exact) mass is 392 g/mol. The fourth-order valence-corrected chi connectivity index (χ4v) is 3.18. The Balaban J connectivity index is 1.97. The highest BCUT2D eigenvalue weighted by molar-refractivity contribution is 7.89. The number of carbonyl (C=O) groups excluding carboxylic acids is 1. The Labute approximate surface area is 159 Å². The molecule has 2 rings (SSSR count). The molecule has 0 aliphatic rings. The summed E-state index contributed by atoms with van der Waals surface area (Å²) >= 11 is 0. The van der Waals surface area contributed by atoms with E-state index in [4.69, 9.17) is 14.6 Å². The van der Waals surface area contributed by atoms with Crippen LogP contribution in [0.15, 0.2) is 47.4 Å². The van der Waals surface area contributed by atoms with Gasteiger partial charge >= 0.3 is 0 Å². The summed E-state index contributed by atoms with van der Waals surface area (Å²) < 4.78 is 33.1. The van der Waals surface area contributed by atoms with E-state index in [1.807, 2.05) is 19.1 Å². The van der Waals surface area contributed by atoms with E-state index in [0.717, 1.165) is 11.1 Å². The molecule has 0 fully saturated rings. The van der Waals surface area contributed by atoms with Gasteiger partial charge in [-0.05, 0) is 54.8 Å². The third-order valence-electron chi connectivity index (χ3n) is 4.20. The second-order valence-corrected chi connectivity index (χ2v) is 7.64. The number of methoxy groups -OCH3 is 2. The number of nitrogens with one attached hydrogen (secondary N) is 1. The van der Waals surface area contributed by atoms with Crippen molar-refractivity contribution in [1.29, 1.82) is 0 Å². The average molecular weight is 392 g/mol. The molecule has 0 saturated heterocycles. The van der Waals surface area contributed by atoms with E-state index < -0.39 is 10.0 Å². The fourth-order valence-electron chi connectivity index (χ4n) is 2.67. The number of benzene rings is 2. The maximum absolute atomic E-state index is 12.3. The van der Waals surface area contributed by atoms with E-state index in [1.54, 1.807) is 32.4 Å². The molecule has 8 heteroatoms. The van der Waals surface area contributed by atoms with Gasteiger partial charge in [0.2, 0.25) is 15.9 Å². The number of amides is 1. The normalized spacial score (nSPS) is 12.3. The van der Waals surface area contributed by atoms with Gasteiger partial charge in [-0.25, -0.2) is 13.6 Å². The zero-order chi connectivity index (χ0) is 20.0. The molecule has 1 amide bonds. The number of nitrogens with two attached hydrogens (primary N) is 1. The Bertz CT molecular complexity index is 895. The SMILES string of the molecule is COc1ccc(OC)c(CCC(=O)NC(C)c2ccc(S(N)(=O)=O)cc2)c1. The van der Waals surface area contributed by atoms with Crippen molar-refractivity contribution in [3.8, 4) is 11.5 Å². The first-order valence-corrected chi connectivity index (χ1v) is 9.92. The first-order valence-electron chi connectivity index (χ1n) is 8.37. The van der Waals surface area contributed by atoms with Crippen LogP contribution in [0.25, 0.3) is 0 Å². The molecule has 27 heavy (non-hydrogen) atoms. The number of carbonyl (C=O) groups is 1. The minimum absolute atomic E-state index is 0.0369. The number of hydrogen-bond acceptors (Lipinski definition) is 5. The van der Waals surface area contributed by atoms with Gasteiger partial charge in [-0.15, -0.1) is 0 Å². The highest BCUT2D eigenvalue weighted by atomic mass is 32.2. The van der Waals surface area contributed by atoms with Crippen LogP contribution in [0.3, 0.4) is 0 Å². The largest absolute Gasteiger partial charge is 0.497 e. The smallest absolute Gasteiger partial charge is 0.238 e. The molecule has 1 unspecified atom stereocenters. The molecular formula is C19H24N2O5S. The number of ether oxygens (including phenoxy) is 2. The predicted octanol–water partition coefficient (Wildman–Crippen LogP) is 2.16. The van der Waals surface area contributed by atoms with Gasteiger partial charge in [0.1, 0.15) is 11.5 Å². The first kappa shape index (κ1) is 20.7. The van der Waals surface area contributed by atoms with E-state index >= 15 is 0 Å². The van der Waals surface area contributed by atoms with Crippen LogP contribution in [-0.4, -0.2) is 28.5 Å². The Hall–Kier alpha value is -2.58. The maximum atomic E-state index is 12.3. The van der Waals surface area contributed by atoms with Gasteiger partial charge in [-0.1, -0.05) is 12.1 Å². The fraction of sp³-hybridized carbons (Fsp3) is 0.316. The van der Waals surface area contributed by atoms with Crippen molar-refractivity contribution in [1.82, 2.24) is 5.32 Å². The van der Waals surface area contributed by atoms with E-state index in [1.165, 1.54) is 12.1 Å². The van der Waals surface area contributed by atoms with Gasteiger partial charge < -0.3 is 14.8 Å². The molecule has 0 heterocycles. The summed E-state index contributed by atoms with van der Waals surface area (Å²) in [5.41, 5.74) is 1.67. The molecule has 0 radical (unpaired) electrons. The van der Waals surface area contributed by atoms with Crippen LogP contribution in [0.2, 0.25) is 0 Å². The Morgan fingerprint density at radius 3 is 2.33 bits per heavy atom. The van der Waals surface area contributed by atoms with Crippen LogP contribution < -0.4 is 19.9 Å². The molecule has 7 nitrogen and oxygen atoms in total. The van der Waals surface area contributed by atoms with Crippen molar-refractivity contribution in [3.05, 3.63) is 53.6 Å². The Kier molecular flexibility index (Phi) is 6.81. The van der Waals surface area contributed by atoms with Crippen LogP contribution in [0.4, 0.5) is 0 Å². The average Bonchev–Trinajstić information content (AvgIpc) is 2.65. The van der Waals surface area contributed by atoms with Crippen molar-refractivity contribution in [2.45, 2.75) is 30.7 Å². The maximum Gasteiger partial charge on any atom is 0.238 e. The summed E-state index contributed by atoms with van der Waals surface area (Å²) in [6.45, 7) is 1.83. The number of aryl methyl sites for hydroxylation is 1. The lowest BCUT2D eigenvalue weighted by Crippen LogP contribution is -2.27. The molecule has 0 aliphatic carbocycles. The van der Waals surface area contributed by atoms with Crippen molar-refractivity contribution in [2.24, 2.45) is 5.14 Å². The quantitative estimate of drug-likeness (QED) is 0.716. The van der Waals surface area contributed by atoms with Gasteiger partial charge in [-0.2, -0.15) is 0 Å². The van der Waals surface area contributed by atoms with Gasteiger partial charge in [0.05, 0.1) is 25.2 Å². The van der Waals surface area contributed by atoms with E-state index in [2.05, 4.69) is 5.32 Å². The first-order chi connectivity index (χ1) is 12.7. The minimum atomic E-state index is -3.73. The summed E-state index contributed by atoms with van der Waals surface area (Å²) in [5, 5.41) is 7.99. The molecular weight excluding hydrogens is 368 g/mol. The zero-order valence-electron chi connectivity index (χ0n) is 15.6. The van der Waals surface area contributed by atoms with E-state index in [0.29, 0.717) is 17.9 Å². The minimum Gasteiger partial charge on any atom is -0.497 e. The van der Waals surface area contributed by atoms with Crippen LogP contribution in [0.5, 0.6) is 11.5 Å². The molecule has 146 valence electrons. The van der Waals surface area contributed by atoms with Gasteiger partial charge in [-0.3, -0.25) is 4.79 Å². The number of hydrogen-bond donors (Lipinski definition) is 2. The van der Waals surface area contributed by atoms with Crippen LogP contribution >= 0.6 is 0 Å². The summed E-state index contributed by atoms with van der Waals surface area (Å²) in [6.07, 6.45) is 0.784. The number of rotatable bonds is 8. The lowest BCUT2D eigenvalue weighted by molar-refractivity contribution is -0.121. The molecule has 2 aromatic rings. The van der Waals surface area contributed by atoms with E-state index in [-0.39, 0.29) is 23.3 Å². The van der Waals surface area contributed by atoms with Gasteiger partial charge in [0.15, 0.2) is 0 Å². The molecule has 0 bridgehead atoms. The van der Waals surface area contributed by atoms with Crippen molar-refractivity contribution >= 4 is 15.9 Å². The summed E-state index contributed by atoms with van der Waals surface area (Å²) in [5.74, 6) is 1.28. The summed E-state index contributed by atoms with van der Waals surface area (Å²) in [7, 11) is -0.563. The molecule has 1 atom stereocenters. The van der Waals surface area contributed by atoms with Crippen LogP contribution in [-0.2, 0) is 21.2 Å². The number of primary sulfonamides is 1. The van der Waals surface area contributed by atoms with Crippen molar-refractivity contribution in [3.63, 3.8) is 0 Å². The Morgan fingerprint density at radius 2 is 1.78 bits per heavy atom. The molecule has 2 aromatic carbocycles. The highest BCUT2D eigenvalue weighted by Crippen LogP contribution is 2.25. The third-order valence-corrected chi connectivity index (χ3v) is 5.12. The van der Waals surface area contributed by atoms with Crippen molar-refractivity contribution < 1.29 is 22.7 Å². The number of sulfonamides is 1. The predicted molar refractivity (Wildman–Crippen MR) is 102 cm³/mol. The second kappa shape index (κ2) is 8.88. The molecule has 0 spiro atoms. The van der Waals surface area contributed by atoms with Gasteiger partial charge in [0.25, 0.3) is 0 Å². The van der Waals surface area contributed by atoms with Crippen molar-refractivity contribution in [2.75, 3.05) is 14.2 Å². The Morgan fingerprint density at radius 1 is 1.11 bits per heavy atom. The van der Waals surface area contributed by atoms with E-state index in [9.17, 15) is 13.2 Å². The lowest BCUT2D eigenvalue weighted by atomic mass is 10.1. The molecule has 0 saturated carbocycles. The summed E-state index contributed by atoms with van der Waals surface area (Å²) in [6, 6.07) is 11.3. The standard InChI is InChI=1S/C19H24N2O5S/c1-13(14-4-8-17(9-5-14)27(20,23)24)21-19(22)11-6-15-12-16(25-2)7-10-18(15)26-3/h4-5,7-10,12-13H,6,11H2,1-3H3,(H,21,22)(H2,20,23,24). The third kappa shape index (κ3) is 5.70. The highest BCUT2D eigenvalue weighted by Gasteiger charge is 2.13.